The summed E-state index contributed by atoms with van der Waals surface area (Å²) in [5, 5.41) is 9.07. The van der Waals surface area contributed by atoms with Gasteiger partial charge in [-0.05, 0) is 60.9 Å². The highest BCUT2D eigenvalue weighted by Crippen LogP contribution is 2.34. The SMILES string of the molecule is CCN(CCc1ccncc1)C1=C(c2ccccc2)C(=O)N(c2ccc(C#N)cc2)C1=O. The first-order valence-electron chi connectivity index (χ1n) is 10.5. The van der Waals surface area contributed by atoms with Gasteiger partial charge in [-0.15, -0.1) is 0 Å². The quantitative estimate of drug-likeness (QED) is 0.541. The van der Waals surface area contributed by atoms with Gasteiger partial charge in [-0.25, -0.2) is 4.90 Å². The van der Waals surface area contributed by atoms with Crippen LogP contribution in [0.3, 0.4) is 0 Å². The van der Waals surface area contributed by atoms with Gasteiger partial charge in [0, 0.05) is 25.5 Å². The van der Waals surface area contributed by atoms with Crippen LogP contribution in [0.2, 0.25) is 0 Å². The molecule has 2 heterocycles. The van der Waals surface area contributed by atoms with E-state index in [1.54, 1.807) is 36.7 Å². The summed E-state index contributed by atoms with van der Waals surface area (Å²) in [7, 11) is 0. The van der Waals surface area contributed by atoms with Crippen LogP contribution in [0.4, 0.5) is 5.69 Å². The lowest BCUT2D eigenvalue weighted by molar-refractivity contribution is -0.120. The molecule has 3 aromatic rings. The van der Waals surface area contributed by atoms with Crippen molar-refractivity contribution in [2.75, 3.05) is 18.0 Å². The standard InChI is InChI=1S/C26H22N4O2/c1-2-29(17-14-19-12-15-28-16-13-19)24-23(21-6-4-3-5-7-21)25(31)30(26(24)32)22-10-8-20(18-27)9-11-22/h3-13,15-16H,2,14,17H2,1H3. The van der Waals surface area contributed by atoms with E-state index in [4.69, 9.17) is 5.26 Å². The van der Waals surface area contributed by atoms with Gasteiger partial charge in [-0.3, -0.25) is 14.6 Å². The molecule has 0 saturated carbocycles. The number of carbonyl (C=O) groups is 2. The van der Waals surface area contributed by atoms with Gasteiger partial charge < -0.3 is 4.90 Å². The number of pyridine rings is 1. The molecule has 0 unspecified atom stereocenters. The Balaban J connectivity index is 1.73. The highest BCUT2D eigenvalue weighted by atomic mass is 16.2. The number of nitrogens with zero attached hydrogens (tertiary/aromatic N) is 4. The highest BCUT2D eigenvalue weighted by molar-refractivity contribution is 6.45. The van der Waals surface area contributed by atoms with Crippen molar-refractivity contribution in [3.63, 3.8) is 0 Å². The number of nitriles is 1. The average molecular weight is 422 g/mol. The Morgan fingerprint density at radius 2 is 1.62 bits per heavy atom. The largest absolute Gasteiger partial charge is 0.366 e. The maximum Gasteiger partial charge on any atom is 0.282 e. The number of aromatic nitrogens is 1. The number of anilines is 1. The summed E-state index contributed by atoms with van der Waals surface area (Å²) in [5.41, 5.74) is 3.54. The molecule has 0 spiro atoms. The normalized spacial score (nSPS) is 13.4. The fraction of sp³-hybridized carbons (Fsp3) is 0.154. The predicted octanol–water partition coefficient (Wildman–Crippen LogP) is 3.80. The molecule has 0 aliphatic carbocycles. The Morgan fingerprint density at radius 1 is 0.938 bits per heavy atom. The molecule has 158 valence electrons. The third-order valence-electron chi connectivity index (χ3n) is 5.49. The summed E-state index contributed by atoms with van der Waals surface area (Å²) in [5.74, 6) is -0.710. The summed E-state index contributed by atoms with van der Waals surface area (Å²) >= 11 is 0. The van der Waals surface area contributed by atoms with E-state index in [0.717, 1.165) is 12.0 Å². The van der Waals surface area contributed by atoms with Crippen LogP contribution in [0, 0.1) is 11.3 Å². The molecule has 0 bridgehead atoms. The second kappa shape index (κ2) is 9.27. The minimum Gasteiger partial charge on any atom is -0.366 e. The second-order valence-corrected chi connectivity index (χ2v) is 7.38. The first-order chi connectivity index (χ1) is 15.6. The van der Waals surface area contributed by atoms with Crippen LogP contribution in [0.15, 0.2) is 84.8 Å². The minimum absolute atomic E-state index is 0.352. The van der Waals surface area contributed by atoms with Crippen LogP contribution in [0.5, 0.6) is 0 Å². The lowest BCUT2D eigenvalue weighted by atomic mass is 10.0. The molecule has 32 heavy (non-hydrogen) atoms. The van der Waals surface area contributed by atoms with Crippen LogP contribution in [0.25, 0.3) is 5.57 Å². The fourth-order valence-corrected chi connectivity index (χ4v) is 3.84. The van der Waals surface area contributed by atoms with E-state index in [-0.39, 0.29) is 11.8 Å². The second-order valence-electron chi connectivity index (χ2n) is 7.38. The van der Waals surface area contributed by atoms with Crippen LogP contribution < -0.4 is 4.90 Å². The number of amides is 2. The van der Waals surface area contributed by atoms with Crippen molar-refractivity contribution in [1.29, 1.82) is 5.26 Å². The number of likely N-dealkylation sites (N-methyl/N-ethyl adjacent to an activating group) is 1. The van der Waals surface area contributed by atoms with Gasteiger partial charge in [-0.1, -0.05) is 30.3 Å². The van der Waals surface area contributed by atoms with E-state index in [2.05, 4.69) is 11.1 Å². The molecule has 4 rings (SSSR count). The molecular weight excluding hydrogens is 400 g/mol. The maximum absolute atomic E-state index is 13.6. The van der Waals surface area contributed by atoms with Gasteiger partial charge in [0.05, 0.1) is 22.9 Å². The molecule has 0 fully saturated rings. The third kappa shape index (κ3) is 4.01. The Labute approximate surface area is 187 Å². The van der Waals surface area contributed by atoms with Crippen molar-refractivity contribution < 1.29 is 9.59 Å². The Morgan fingerprint density at radius 3 is 2.25 bits per heavy atom. The summed E-state index contributed by atoms with van der Waals surface area (Å²) in [6.07, 6.45) is 4.22. The monoisotopic (exact) mass is 422 g/mol. The number of imide groups is 1. The minimum atomic E-state index is -0.358. The highest BCUT2D eigenvalue weighted by Gasteiger charge is 2.42. The first kappa shape index (κ1) is 21.0. The summed E-state index contributed by atoms with van der Waals surface area (Å²) < 4.78 is 0. The molecule has 1 aliphatic rings. The van der Waals surface area contributed by atoms with E-state index in [0.29, 0.717) is 41.2 Å². The smallest absolute Gasteiger partial charge is 0.282 e. The number of benzene rings is 2. The van der Waals surface area contributed by atoms with Crippen LogP contribution in [-0.2, 0) is 16.0 Å². The molecule has 0 atom stereocenters. The predicted molar refractivity (Wildman–Crippen MR) is 122 cm³/mol. The molecule has 1 aliphatic heterocycles. The van der Waals surface area contributed by atoms with E-state index in [1.165, 1.54) is 4.90 Å². The molecule has 2 amide bonds. The van der Waals surface area contributed by atoms with Gasteiger partial charge in [0.1, 0.15) is 5.70 Å². The maximum atomic E-state index is 13.6. The zero-order valence-corrected chi connectivity index (χ0v) is 17.7. The molecule has 0 radical (unpaired) electrons. The van der Waals surface area contributed by atoms with Gasteiger partial charge in [0.25, 0.3) is 11.8 Å². The summed E-state index contributed by atoms with van der Waals surface area (Å²) in [6, 6.07) is 21.7. The van der Waals surface area contributed by atoms with Crippen LogP contribution >= 0.6 is 0 Å². The fourth-order valence-electron chi connectivity index (χ4n) is 3.84. The molecule has 1 aromatic heterocycles. The molecule has 6 nitrogen and oxygen atoms in total. The third-order valence-corrected chi connectivity index (χ3v) is 5.49. The Kier molecular flexibility index (Phi) is 6.09. The summed E-state index contributed by atoms with van der Waals surface area (Å²) in [4.78, 5) is 34.3. The van der Waals surface area contributed by atoms with Crippen molar-refractivity contribution in [3.8, 4) is 6.07 Å². The lowest BCUT2D eigenvalue weighted by Gasteiger charge is -2.25. The van der Waals surface area contributed by atoms with Crippen molar-refractivity contribution in [2.45, 2.75) is 13.3 Å². The van der Waals surface area contributed by atoms with E-state index < -0.39 is 0 Å². The van der Waals surface area contributed by atoms with Crippen molar-refractivity contribution in [1.82, 2.24) is 9.88 Å². The lowest BCUT2D eigenvalue weighted by Crippen LogP contribution is -2.36. The molecule has 0 saturated heterocycles. The first-order valence-corrected chi connectivity index (χ1v) is 10.5. The zero-order valence-electron chi connectivity index (χ0n) is 17.7. The summed E-state index contributed by atoms with van der Waals surface area (Å²) in [6.45, 7) is 3.15. The Bertz CT molecular complexity index is 1200. The van der Waals surface area contributed by atoms with E-state index >= 15 is 0 Å². The van der Waals surface area contributed by atoms with Gasteiger partial charge >= 0.3 is 0 Å². The van der Waals surface area contributed by atoms with Gasteiger partial charge in [0.15, 0.2) is 0 Å². The number of carbonyl (C=O) groups excluding carboxylic acids is 2. The molecule has 0 N–H and O–H groups in total. The van der Waals surface area contributed by atoms with E-state index in [1.807, 2.05) is 54.3 Å². The topological polar surface area (TPSA) is 77.3 Å². The molecular formula is C26H22N4O2. The number of rotatable bonds is 7. The number of hydrogen-bond acceptors (Lipinski definition) is 5. The number of hydrogen-bond donors (Lipinski definition) is 0. The van der Waals surface area contributed by atoms with Gasteiger partial charge in [0.2, 0.25) is 0 Å². The molecule has 6 heteroatoms. The van der Waals surface area contributed by atoms with Gasteiger partial charge in [-0.2, -0.15) is 5.26 Å². The van der Waals surface area contributed by atoms with Crippen LogP contribution in [-0.4, -0.2) is 34.8 Å². The Hall–Kier alpha value is -4.24. The van der Waals surface area contributed by atoms with E-state index in [9.17, 15) is 9.59 Å². The van der Waals surface area contributed by atoms with Crippen molar-refractivity contribution >= 4 is 23.1 Å². The van der Waals surface area contributed by atoms with Crippen LogP contribution in [0.1, 0.15) is 23.6 Å². The van der Waals surface area contributed by atoms with Crippen molar-refractivity contribution in [2.24, 2.45) is 0 Å². The zero-order chi connectivity index (χ0) is 22.5. The van der Waals surface area contributed by atoms with Crippen molar-refractivity contribution in [3.05, 3.63) is 102 Å². The average Bonchev–Trinajstić information content (AvgIpc) is 3.10. The molecule has 2 aromatic carbocycles.